The minimum Gasteiger partial charge on any atom is -0.497 e. The maximum Gasteiger partial charge on any atom is 0.273 e. The number of anilines is 1. The van der Waals surface area contributed by atoms with Crippen LogP contribution in [0.2, 0.25) is 0 Å². The maximum atomic E-state index is 15.7. The average molecular weight is 935 g/mol. The number of fused-ring (bicyclic) bond motifs is 1. The molecule has 2 N–H and O–H groups in total. The van der Waals surface area contributed by atoms with Crippen molar-refractivity contribution >= 4 is 46.4 Å². The summed E-state index contributed by atoms with van der Waals surface area (Å²) in [5.41, 5.74) is 0.0430. The highest BCUT2D eigenvalue weighted by atomic mass is 32.1. The molecule has 16 heteroatoms. The Morgan fingerprint density at radius 1 is 1.05 bits per heavy atom. The Kier molecular flexibility index (Phi) is 13.7. The van der Waals surface area contributed by atoms with Gasteiger partial charge in [-0.25, -0.2) is 27.5 Å². The fraction of sp³-hybridized carbons (Fsp3) is 0.429. The van der Waals surface area contributed by atoms with Gasteiger partial charge in [-0.15, -0.1) is 17.9 Å². The minimum atomic E-state index is -4.54. The number of thiazole rings is 1. The van der Waals surface area contributed by atoms with E-state index >= 15 is 13.6 Å². The van der Waals surface area contributed by atoms with Gasteiger partial charge in [-0.2, -0.15) is 0 Å². The molecule has 2 aliphatic rings. The molecule has 3 heterocycles. The van der Waals surface area contributed by atoms with Gasteiger partial charge in [0, 0.05) is 65.2 Å². The summed E-state index contributed by atoms with van der Waals surface area (Å²) in [6, 6.07) is 16.5. The normalized spacial score (nSPS) is 21.2. The molecule has 1 amide bonds. The number of amides is 1. The second kappa shape index (κ2) is 18.6. The van der Waals surface area contributed by atoms with E-state index in [2.05, 4.69) is 11.9 Å². The Labute approximate surface area is 380 Å². The van der Waals surface area contributed by atoms with Crippen LogP contribution in [0.15, 0.2) is 90.8 Å². The number of pyridine rings is 1. The summed E-state index contributed by atoms with van der Waals surface area (Å²) in [6.45, 7) is 13.1. The van der Waals surface area contributed by atoms with Crippen LogP contribution in [0.5, 0.6) is 11.5 Å². The number of benzene rings is 3. The molecule has 10 nitrogen and oxygen atoms in total. The first-order valence-electron chi connectivity index (χ1n) is 21.7. The highest BCUT2D eigenvalue weighted by Gasteiger charge is 2.65. The number of ketones is 1. The molecule has 2 fully saturated rings. The van der Waals surface area contributed by atoms with Gasteiger partial charge in [0.05, 0.1) is 42.2 Å². The molecule has 6 atom stereocenters. The number of halogens is 4. The van der Waals surface area contributed by atoms with Crippen LogP contribution in [0.1, 0.15) is 77.8 Å². The lowest BCUT2D eigenvalue weighted by Crippen LogP contribution is -2.47. The van der Waals surface area contributed by atoms with Gasteiger partial charge in [-0.1, -0.05) is 63.2 Å². The quantitative estimate of drug-likeness (QED) is 0.0501. The minimum absolute atomic E-state index is 0.0391. The molecule has 0 bridgehead atoms. The predicted molar refractivity (Wildman–Crippen MR) is 246 cm³/mol. The Hall–Kier alpha value is -5.11. The molecule has 7 rings (SSSR count). The van der Waals surface area contributed by atoms with Crippen molar-refractivity contribution in [1.29, 1.82) is 0 Å². The Bertz CT molecular complexity index is 2600. The number of methoxy groups -OCH3 is 1. The zero-order chi connectivity index (χ0) is 47.1. The molecule has 0 spiro atoms. The number of allylic oxidation sites excluding steroid dienone is 1. The van der Waals surface area contributed by atoms with Crippen molar-refractivity contribution in [2.45, 2.75) is 102 Å². The summed E-state index contributed by atoms with van der Waals surface area (Å²) in [5, 5.41) is 4.88. The van der Waals surface area contributed by atoms with Crippen LogP contribution in [0.25, 0.3) is 22.3 Å². The van der Waals surface area contributed by atoms with E-state index < -0.39 is 95.7 Å². The molecule has 1 unspecified atom stereocenters. The van der Waals surface area contributed by atoms with E-state index in [1.807, 2.05) is 19.2 Å². The number of aromatic nitrogens is 2. The number of carbonyl (C=O) groups is 2. The van der Waals surface area contributed by atoms with Crippen LogP contribution in [0.3, 0.4) is 0 Å². The number of rotatable bonds is 18. The fourth-order valence-corrected chi connectivity index (χ4v) is 12.4. The zero-order valence-corrected chi connectivity index (χ0v) is 39.0. The summed E-state index contributed by atoms with van der Waals surface area (Å²) in [6.07, 6.45) is -1.52. The van der Waals surface area contributed by atoms with Gasteiger partial charge < -0.3 is 24.6 Å². The largest absolute Gasteiger partial charge is 0.497 e. The van der Waals surface area contributed by atoms with Crippen molar-refractivity contribution in [1.82, 2.24) is 14.9 Å². The number of Topliss-reactive ketones (excluding diaryl/α,β-unsaturated/α-hetero) is 1. The highest BCUT2D eigenvalue weighted by Crippen LogP contribution is 2.74. The number of alkyl halides is 2. The van der Waals surface area contributed by atoms with Crippen molar-refractivity contribution in [2.75, 3.05) is 19.0 Å². The van der Waals surface area contributed by atoms with Gasteiger partial charge in [0.2, 0.25) is 13.3 Å². The molecule has 1 saturated carbocycles. The van der Waals surface area contributed by atoms with Crippen molar-refractivity contribution in [3.05, 3.63) is 114 Å². The molecular weight excluding hydrogens is 880 g/mol. The maximum absolute atomic E-state index is 15.7. The third-order valence-corrected chi connectivity index (χ3v) is 16.2. The molecule has 1 aliphatic heterocycles. The topological polar surface area (TPSA) is 131 Å². The van der Waals surface area contributed by atoms with Crippen molar-refractivity contribution in [2.24, 2.45) is 17.3 Å². The SMILES string of the molecule is C=C[C@@H]1C[C@]1(CC(=O)[C@@H]1C[C@@H](Oc2cc(-c3csc(NC(C)C)n3)nc3cc(OC)ccc23)CN1C(=O)[C@@H](CCC(F)(F)c1ccccc1)C(C)(C)C)P(=O)(O)Cc1c(F)cccc1F. The van der Waals surface area contributed by atoms with Gasteiger partial charge in [0.15, 0.2) is 10.9 Å². The first-order chi connectivity index (χ1) is 30.7. The lowest BCUT2D eigenvalue weighted by Gasteiger charge is -2.36. The van der Waals surface area contributed by atoms with E-state index in [0.717, 1.165) is 18.2 Å². The van der Waals surface area contributed by atoms with Crippen LogP contribution in [-0.4, -0.2) is 68.4 Å². The van der Waals surface area contributed by atoms with Crippen LogP contribution in [0, 0.1) is 28.9 Å². The molecule has 65 heavy (non-hydrogen) atoms. The lowest BCUT2D eigenvalue weighted by molar-refractivity contribution is -0.145. The van der Waals surface area contributed by atoms with E-state index in [1.165, 1.54) is 46.6 Å². The summed E-state index contributed by atoms with van der Waals surface area (Å²) < 4.78 is 87.7. The number of likely N-dealkylation sites (tertiary alicyclic amines) is 1. The fourth-order valence-electron chi connectivity index (χ4n) is 8.95. The monoisotopic (exact) mass is 934 g/mol. The number of nitrogens with zero attached hydrogens (tertiary/aromatic N) is 3. The molecule has 1 saturated heterocycles. The van der Waals surface area contributed by atoms with Gasteiger partial charge >= 0.3 is 0 Å². The van der Waals surface area contributed by atoms with E-state index in [-0.39, 0.29) is 37.4 Å². The van der Waals surface area contributed by atoms with Crippen LogP contribution < -0.4 is 14.8 Å². The number of nitrogens with one attached hydrogen (secondary N) is 1. The smallest absolute Gasteiger partial charge is 0.273 e. The lowest BCUT2D eigenvalue weighted by atomic mass is 9.76. The van der Waals surface area contributed by atoms with Gasteiger partial charge in [0.1, 0.15) is 34.9 Å². The van der Waals surface area contributed by atoms with Gasteiger partial charge in [0.25, 0.3) is 5.92 Å². The van der Waals surface area contributed by atoms with Gasteiger partial charge in [-0.3, -0.25) is 14.2 Å². The number of carbonyl (C=O) groups excluding carboxylic acids is 2. The van der Waals surface area contributed by atoms with E-state index in [9.17, 15) is 23.0 Å². The molecule has 2 aromatic heterocycles. The molecule has 0 radical (unpaired) electrons. The van der Waals surface area contributed by atoms with Crippen LogP contribution in [0.4, 0.5) is 22.7 Å². The molecule has 5 aromatic rings. The third kappa shape index (κ3) is 10.2. The zero-order valence-electron chi connectivity index (χ0n) is 37.3. The van der Waals surface area contributed by atoms with E-state index in [4.69, 9.17) is 19.4 Å². The van der Waals surface area contributed by atoms with Crippen LogP contribution in [-0.2, 0) is 26.2 Å². The van der Waals surface area contributed by atoms with Crippen molar-refractivity contribution in [3.63, 3.8) is 0 Å². The summed E-state index contributed by atoms with van der Waals surface area (Å²) in [4.78, 5) is 52.5. The molecular formula is C49H55F4N4O6PS. The van der Waals surface area contributed by atoms with E-state index in [0.29, 0.717) is 38.9 Å². The Morgan fingerprint density at radius 3 is 2.38 bits per heavy atom. The summed E-state index contributed by atoms with van der Waals surface area (Å²) >= 11 is 1.42. The Morgan fingerprint density at radius 2 is 1.75 bits per heavy atom. The first kappa shape index (κ1) is 47.8. The second-order valence-corrected chi connectivity index (χ2v) is 22.1. The van der Waals surface area contributed by atoms with Crippen molar-refractivity contribution < 1.29 is 46.1 Å². The first-order valence-corrected chi connectivity index (χ1v) is 24.4. The number of ether oxygens (including phenoxy) is 2. The molecule has 1 aliphatic carbocycles. The molecule has 3 aromatic carbocycles. The predicted octanol–water partition coefficient (Wildman–Crippen LogP) is 11.4. The Balaban J connectivity index is 1.24. The average Bonchev–Trinajstić information content (AvgIpc) is 3.53. The standard InChI is InChI=1S/C49H55F4N4O6PS/c1-8-30-24-48(30,64(60,61)27-35-37(50)15-12-16-38(35)51)25-43(58)42-22-33(26-57(42)45(59)36(47(4,5)6)19-20-49(52,53)31-13-10-9-11-14-31)63-44-23-40(41-28-65-46(56-41)54-29(2)3)55-39-21-32(62-7)17-18-34(39)44/h8-18,21,23,28-30,33,36,42H,1,19-20,22,24-27H2,2-7H3,(H,54,56)(H,60,61)/t30-,33-,36-,42+,48-/m1/s1. The van der Waals surface area contributed by atoms with E-state index in [1.54, 1.807) is 58.2 Å². The second-order valence-electron chi connectivity index (χ2n) is 18.6. The number of hydrogen-bond donors (Lipinski definition) is 2. The molecule has 346 valence electrons. The van der Waals surface area contributed by atoms with Gasteiger partial charge in [-0.05, 0) is 62.3 Å². The summed E-state index contributed by atoms with van der Waals surface area (Å²) in [5.74, 6) is -6.98. The summed E-state index contributed by atoms with van der Waals surface area (Å²) in [7, 11) is -3.00. The highest BCUT2D eigenvalue weighted by molar-refractivity contribution is 7.59. The van der Waals surface area contributed by atoms with Crippen molar-refractivity contribution in [3.8, 4) is 22.9 Å². The third-order valence-electron chi connectivity index (χ3n) is 12.7. The number of hydrogen-bond acceptors (Lipinski definition) is 9. The van der Waals surface area contributed by atoms with Crippen LogP contribution >= 0.6 is 18.7 Å².